The normalized spacial score (nSPS) is 23.7. The van der Waals surface area contributed by atoms with Gasteiger partial charge in [-0.05, 0) is 86.5 Å². The fourth-order valence-electron chi connectivity index (χ4n) is 5.13. The Morgan fingerprint density at radius 3 is 2.42 bits per heavy atom. The average molecular weight is 425 g/mol. The fourth-order valence-corrected chi connectivity index (χ4v) is 5.13. The zero-order valence-electron chi connectivity index (χ0n) is 19.1. The van der Waals surface area contributed by atoms with Crippen molar-refractivity contribution < 1.29 is 14.6 Å². The van der Waals surface area contributed by atoms with Crippen molar-refractivity contribution in [1.82, 2.24) is 9.88 Å². The van der Waals surface area contributed by atoms with E-state index in [1.54, 1.807) is 0 Å². The van der Waals surface area contributed by atoms with Gasteiger partial charge in [0.25, 0.3) is 0 Å². The lowest BCUT2D eigenvalue weighted by Crippen LogP contribution is -2.36. The third kappa shape index (κ3) is 5.57. The van der Waals surface area contributed by atoms with Crippen molar-refractivity contribution in [2.24, 2.45) is 17.3 Å². The molecule has 2 heterocycles. The third-order valence-corrected chi connectivity index (χ3v) is 7.27. The van der Waals surface area contributed by atoms with Gasteiger partial charge in [-0.3, -0.25) is 14.7 Å². The smallest absolute Gasteiger partial charge is 0.306 e. The number of aliphatic carboxylic acids is 1. The van der Waals surface area contributed by atoms with Crippen LogP contribution in [0, 0.1) is 17.3 Å². The lowest BCUT2D eigenvalue weighted by molar-refractivity contribution is -0.143. The van der Waals surface area contributed by atoms with Gasteiger partial charge in [-0.2, -0.15) is 0 Å². The van der Waals surface area contributed by atoms with Crippen molar-refractivity contribution in [1.29, 1.82) is 0 Å². The van der Waals surface area contributed by atoms with E-state index in [0.29, 0.717) is 11.5 Å². The molecule has 0 amide bonds. The van der Waals surface area contributed by atoms with Gasteiger partial charge in [-0.25, -0.2) is 0 Å². The first-order valence-corrected chi connectivity index (χ1v) is 11.8. The largest absolute Gasteiger partial charge is 0.490 e. The summed E-state index contributed by atoms with van der Waals surface area (Å²) in [4.78, 5) is 18.1. The number of aromatic nitrogens is 1. The van der Waals surface area contributed by atoms with Crippen LogP contribution in [0.15, 0.2) is 30.5 Å². The number of rotatable bonds is 5. The molecule has 0 radical (unpaired) electrons. The molecule has 2 fully saturated rings. The molecule has 1 aliphatic heterocycles. The maximum atomic E-state index is 11.1. The molecule has 0 bridgehead atoms. The third-order valence-electron chi connectivity index (χ3n) is 7.27. The van der Waals surface area contributed by atoms with Gasteiger partial charge >= 0.3 is 5.97 Å². The van der Waals surface area contributed by atoms with Crippen molar-refractivity contribution in [2.75, 3.05) is 13.1 Å². The van der Waals surface area contributed by atoms with Crippen LogP contribution in [0.3, 0.4) is 0 Å². The minimum atomic E-state index is -0.663. The summed E-state index contributed by atoms with van der Waals surface area (Å²) in [5, 5.41) is 11.4. The van der Waals surface area contributed by atoms with Crippen LogP contribution < -0.4 is 4.74 Å². The first-order valence-electron chi connectivity index (χ1n) is 11.8. The molecule has 1 saturated carbocycles. The van der Waals surface area contributed by atoms with Crippen LogP contribution >= 0.6 is 0 Å². The second-order valence-corrected chi connectivity index (χ2v) is 10.5. The molecule has 1 aliphatic carbocycles. The summed E-state index contributed by atoms with van der Waals surface area (Å²) in [5.74, 6) is 0.880. The highest BCUT2D eigenvalue weighted by Crippen LogP contribution is 2.39. The summed E-state index contributed by atoms with van der Waals surface area (Å²) in [7, 11) is 0. The lowest BCUT2D eigenvalue weighted by atomic mass is 9.72. The van der Waals surface area contributed by atoms with Crippen molar-refractivity contribution in [3.63, 3.8) is 0 Å². The molecule has 1 N–H and O–H groups in total. The van der Waals surface area contributed by atoms with E-state index in [4.69, 9.17) is 9.84 Å². The lowest BCUT2D eigenvalue weighted by Gasteiger charge is -2.37. The van der Waals surface area contributed by atoms with Gasteiger partial charge in [0.1, 0.15) is 5.75 Å². The number of carboxylic acid groups (broad SMARTS) is 1. The average Bonchev–Trinajstić information content (AvgIpc) is 2.74. The number of carbonyl (C=O) groups is 1. The van der Waals surface area contributed by atoms with Crippen LogP contribution in [-0.4, -0.2) is 40.2 Å². The Labute approximate surface area is 185 Å². The summed E-state index contributed by atoms with van der Waals surface area (Å²) >= 11 is 0. The zero-order chi connectivity index (χ0) is 22.0. The number of carboxylic acids is 1. The first-order chi connectivity index (χ1) is 14.8. The van der Waals surface area contributed by atoms with Gasteiger partial charge in [0, 0.05) is 18.1 Å². The highest BCUT2D eigenvalue weighted by Gasteiger charge is 2.30. The molecule has 4 rings (SSSR count). The molecule has 2 aliphatic rings. The SMILES string of the molecule is CC(C)(C)[C@H]1CC[C@H](Oc2ccc3cc(CN4CCC(C(=O)O)CC4)ncc3c2)CC1. The Kier molecular flexibility index (Phi) is 6.52. The molecule has 5 heteroatoms. The highest BCUT2D eigenvalue weighted by atomic mass is 16.5. The van der Waals surface area contributed by atoms with Crippen LogP contribution in [0.2, 0.25) is 0 Å². The number of piperidine rings is 1. The van der Waals surface area contributed by atoms with Gasteiger partial charge < -0.3 is 9.84 Å². The number of hydrogen-bond donors (Lipinski definition) is 1. The molecule has 1 aromatic heterocycles. The first kappa shape index (κ1) is 22.1. The Morgan fingerprint density at radius 1 is 1.06 bits per heavy atom. The minimum absolute atomic E-state index is 0.192. The Morgan fingerprint density at radius 2 is 1.77 bits per heavy atom. The van der Waals surface area contributed by atoms with Crippen LogP contribution in [0.4, 0.5) is 0 Å². The van der Waals surface area contributed by atoms with Gasteiger partial charge in [0.15, 0.2) is 0 Å². The van der Waals surface area contributed by atoms with Gasteiger partial charge in [-0.15, -0.1) is 0 Å². The fraction of sp³-hybridized carbons (Fsp3) is 0.615. The summed E-state index contributed by atoms with van der Waals surface area (Å²) in [6, 6.07) is 8.48. The Bertz CT molecular complexity index is 904. The molecule has 31 heavy (non-hydrogen) atoms. The second kappa shape index (κ2) is 9.15. The molecular weight excluding hydrogens is 388 g/mol. The van der Waals surface area contributed by atoms with E-state index in [1.165, 1.54) is 18.2 Å². The summed E-state index contributed by atoms with van der Waals surface area (Å²) in [6.45, 7) is 9.46. The number of pyridine rings is 1. The van der Waals surface area contributed by atoms with E-state index < -0.39 is 5.97 Å². The highest BCUT2D eigenvalue weighted by molar-refractivity contribution is 5.83. The molecule has 1 saturated heterocycles. The number of hydrogen-bond acceptors (Lipinski definition) is 4. The minimum Gasteiger partial charge on any atom is -0.490 e. The summed E-state index contributed by atoms with van der Waals surface area (Å²) < 4.78 is 6.32. The van der Waals surface area contributed by atoms with E-state index in [0.717, 1.165) is 68.1 Å². The van der Waals surface area contributed by atoms with Crippen LogP contribution in [0.5, 0.6) is 5.75 Å². The van der Waals surface area contributed by atoms with Crippen molar-refractivity contribution >= 4 is 16.7 Å². The maximum absolute atomic E-state index is 11.1. The Hall–Kier alpha value is -2.14. The maximum Gasteiger partial charge on any atom is 0.306 e. The van der Waals surface area contributed by atoms with Crippen molar-refractivity contribution in [3.8, 4) is 5.75 Å². The van der Waals surface area contributed by atoms with Gasteiger partial charge in [-0.1, -0.05) is 26.8 Å². The quantitative estimate of drug-likeness (QED) is 0.685. The molecule has 5 nitrogen and oxygen atoms in total. The molecule has 2 aromatic rings. The molecular formula is C26H36N2O3. The van der Waals surface area contributed by atoms with E-state index in [1.807, 2.05) is 6.20 Å². The van der Waals surface area contributed by atoms with Crippen molar-refractivity contribution in [2.45, 2.75) is 71.9 Å². The van der Waals surface area contributed by atoms with Crippen molar-refractivity contribution in [3.05, 3.63) is 36.2 Å². The number of benzene rings is 1. The monoisotopic (exact) mass is 424 g/mol. The van der Waals surface area contributed by atoms with Crippen LogP contribution in [-0.2, 0) is 11.3 Å². The predicted molar refractivity (Wildman–Crippen MR) is 123 cm³/mol. The van der Waals surface area contributed by atoms with E-state index >= 15 is 0 Å². The van der Waals surface area contributed by atoms with Crippen LogP contribution in [0.25, 0.3) is 10.8 Å². The Balaban J connectivity index is 1.34. The van der Waals surface area contributed by atoms with E-state index in [-0.39, 0.29) is 5.92 Å². The summed E-state index contributed by atoms with van der Waals surface area (Å²) in [6.07, 6.45) is 8.47. The topological polar surface area (TPSA) is 62.7 Å². The summed E-state index contributed by atoms with van der Waals surface area (Å²) in [5.41, 5.74) is 1.43. The molecule has 0 atom stereocenters. The number of ether oxygens (including phenoxy) is 1. The van der Waals surface area contributed by atoms with Gasteiger partial charge in [0.05, 0.1) is 17.7 Å². The van der Waals surface area contributed by atoms with Crippen LogP contribution in [0.1, 0.15) is 65.0 Å². The molecule has 1 aromatic carbocycles. The number of fused-ring (bicyclic) bond motifs is 1. The van der Waals surface area contributed by atoms with E-state index in [9.17, 15) is 4.79 Å². The molecule has 168 valence electrons. The molecule has 0 unspecified atom stereocenters. The zero-order valence-corrected chi connectivity index (χ0v) is 19.1. The predicted octanol–water partition coefficient (Wildman–Crippen LogP) is 5.52. The number of nitrogens with zero attached hydrogens (tertiary/aromatic N) is 2. The second-order valence-electron chi connectivity index (χ2n) is 10.5. The van der Waals surface area contributed by atoms with Gasteiger partial charge in [0.2, 0.25) is 0 Å². The standard InChI is InChI=1S/C26H36N2O3/c1-26(2,3)21-5-8-23(9-6-21)31-24-7-4-19-14-22(27-16-20(19)15-24)17-28-12-10-18(11-13-28)25(29)30/h4,7,14-16,18,21,23H,5-6,8-13,17H2,1-3H3,(H,29,30)/t21-,23-. The molecule has 0 spiro atoms. The number of likely N-dealkylation sites (tertiary alicyclic amines) is 1. The van der Waals surface area contributed by atoms with E-state index in [2.05, 4.69) is 54.9 Å².